The summed E-state index contributed by atoms with van der Waals surface area (Å²) in [7, 11) is 1.43. The second-order valence-corrected chi connectivity index (χ2v) is 3.70. The molecule has 0 aliphatic carbocycles. The highest BCUT2D eigenvalue weighted by molar-refractivity contribution is 5.88. The molecule has 0 spiro atoms. The van der Waals surface area contributed by atoms with E-state index in [9.17, 15) is 9.59 Å². The van der Waals surface area contributed by atoms with Crippen LogP contribution < -0.4 is 15.6 Å². The van der Waals surface area contributed by atoms with Gasteiger partial charge in [-0.3, -0.25) is 14.9 Å². The molecule has 0 radical (unpaired) electrons. The van der Waals surface area contributed by atoms with Crippen molar-refractivity contribution in [2.24, 2.45) is 0 Å². The van der Waals surface area contributed by atoms with Crippen LogP contribution in [-0.4, -0.2) is 32.8 Å². The van der Waals surface area contributed by atoms with Crippen LogP contribution in [0.4, 0.5) is 5.95 Å². The molecule has 19 heavy (non-hydrogen) atoms. The maximum absolute atomic E-state index is 11.6. The summed E-state index contributed by atoms with van der Waals surface area (Å²) in [5.41, 5.74) is -0.142. The van der Waals surface area contributed by atoms with Crippen molar-refractivity contribution in [2.75, 3.05) is 12.4 Å². The number of aromatic amines is 1. The maximum atomic E-state index is 11.6. The Labute approximate surface area is 108 Å². The standard InChI is InChI=1S/C11H13N5O3/c1-19-11-13-10(14-15-11)12-8(17)5-7-16-6-3-2-4-9(16)18/h2-4,6H,5,7H2,1H3,(H2,12,13,14,15,17). The number of H-pyrrole nitrogens is 1. The van der Waals surface area contributed by atoms with E-state index in [1.807, 2.05) is 0 Å². The molecule has 2 rings (SSSR count). The molecule has 0 fully saturated rings. The zero-order chi connectivity index (χ0) is 13.7. The molecule has 8 heteroatoms. The summed E-state index contributed by atoms with van der Waals surface area (Å²) in [5, 5.41) is 8.73. The summed E-state index contributed by atoms with van der Waals surface area (Å²) in [6.45, 7) is 0.302. The molecule has 0 atom stereocenters. The molecule has 1 amide bonds. The van der Waals surface area contributed by atoms with Gasteiger partial charge in [-0.25, -0.2) is 5.10 Å². The summed E-state index contributed by atoms with van der Waals surface area (Å²) in [6.07, 6.45) is 1.79. The van der Waals surface area contributed by atoms with Crippen molar-refractivity contribution in [3.63, 3.8) is 0 Å². The summed E-state index contributed by atoms with van der Waals surface area (Å²) < 4.78 is 6.23. The van der Waals surface area contributed by atoms with E-state index in [1.54, 1.807) is 18.3 Å². The second kappa shape index (κ2) is 5.80. The molecule has 2 heterocycles. The van der Waals surface area contributed by atoms with Crippen LogP contribution in [-0.2, 0) is 11.3 Å². The number of rotatable bonds is 5. The first-order valence-corrected chi connectivity index (χ1v) is 5.61. The zero-order valence-electron chi connectivity index (χ0n) is 10.3. The molecule has 0 unspecified atom stereocenters. The molecule has 0 saturated carbocycles. The van der Waals surface area contributed by atoms with Gasteiger partial charge < -0.3 is 9.30 Å². The van der Waals surface area contributed by atoms with Crippen LogP contribution in [0.1, 0.15) is 6.42 Å². The van der Waals surface area contributed by atoms with Crippen LogP contribution in [0.3, 0.4) is 0 Å². The Balaban J connectivity index is 1.88. The molecule has 100 valence electrons. The minimum atomic E-state index is -0.269. The van der Waals surface area contributed by atoms with Gasteiger partial charge in [0.1, 0.15) is 0 Å². The minimum Gasteiger partial charge on any atom is -0.466 e. The normalized spacial score (nSPS) is 10.2. The number of carbonyl (C=O) groups excluding carboxylic acids is 1. The van der Waals surface area contributed by atoms with Crippen LogP contribution >= 0.6 is 0 Å². The minimum absolute atomic E-state index is 0.142. The number of nitrogens with one attached hydrogen (secondary N) is 2. The second-order valence-electron chi connectivity index (χ2n) is 3.70. The van der Waals surface area contributed by atoms with E-state index in [-0.39, 0.29) is 29.8 Å². The van der Waals surface area contributed by atoms with E-state index in [0.29, 0.717) is 6.54 Å². The number of aryl methyl sites for hydroxylation is 1. The van der Waals surface area contributed by atoms with Gasteiger partial charge in [-0.1, -0.05) is 6.07 Å². The highest BCUT2D eigenvalue weighted by Gasteiger charge is 2.07. The molecule has 0 saturated heterocycles. The van der Waals surface area contributed by atoms with Crippen molar-refractivity contribution in [3.05, 3.63) is 34.7 Å². The van der Waals surface area contributed by atoms with Crippen LogP contribution in [0.15, 0.2) is 29.2 Å². The largest absolute Gasteiger partial charge is 0.466 e. The SMILES string of the molecule is COc1n[nH]c(NC(=O)CCn2ccccc2=O)n1. The van der Waals surface area contributed by atoms with Crippen molar-refractivity contribution in [1.82, 2.24) is 19.7 Å². The fourth-order valence-corrected chi connectivity index (χ4v) is 1.46. The molecule has 0 aromatic carbocycles. The van der Waals surface area contributed by atoms with Gasteiger partial charge in [-0.05, 0) is 6.07 Å². The van der Waals surface area contributed by atoms with Crippen LogP contribution in [0.5, 0.6) is 6.01 Å². The number of pyridine rings is 1. The third-order valence-electron chi connectivity index (χ3n) is 2.38. The molecule has 0 aliphatic rings. The summed E-state index contributed by atoms with van der Waals surface area (Å²) in [5.74, 6) is -0.0585. The summed E-state index contributed by atoms with van der Waals surface area (Å²) in [6, 6.07) is 4.98. The number of methoxy groups -OCH3 is 1. The van der Waals surface area contributed by atoms with Crippen molar-refractivity contribution >= 4 is 11.9 Å². The average molecular weight is 263 g/mol. The Morgan fingerprint density at radius 2 is 2.37 bits per heavy atom. The number of anilines is 1. The number of nitrogens with zero attached hydrogens (tertiary/aromatic N) is 3. The quantitative estimate of drug-likeness (QED) is 0.790. The van der Waals surface area contributed by atoms with E-state index >= 15 is 0 Å². The van der Waals surface area contributed by atoms with Crippen molar-refractivity contribution in [2.45, 2.75) is 13.0 Å². The van der Waals surface area contributed by atoms with Gasteiger partial charge in [-0.15, -0.1) is 5.10 Å². The van der Waals surface area contributed by atoms with E-state index in [1.165, 1.54) is 17.7 Å². The monoisotopic (exact) mass is 263 g/mol. The van der Waals surface area contributed by atoms with Crippen molar-refractivity contribution < 1.29 is 9.53 Å². The first-order valence-electron chi connectivity index (χ1n) is 5.61. The first kappa shape index (κ1) is 12.8. The number of carbonyl (C=O) groups is 1. The van der Waals surface area contributed by atoms with Crippen molar-refractivity contribution in [3.8, 4) is 6.01 Å². The van der Waals surface area contributed by atoms with Gasteiger partial charge in [0.25, 0.3) is 5.56 Å². The lowest BCUT2D eigenvalue weighted by Crippen LogP contribution is -2.22. The van der Waals surface area contributed by atoms with Gasteiger partial charge in [-0.2, -0.15) is 4.98 Å². The lowest BCUT2D eigenvalue weighted by Gasteiger charge is -2.04. The van der Waals surface area contributed by atoms with Gasteiger partial charge in [0, 0.05) is 25.2 Å². The Hall–Kier alpha value is -2.64. The molecule has 0 bridgehead atoms. The fraction of sp³-hybridized carbons (Fsp3) is 0.273. The van der Waals surface area contributed by atoms with Gasteiger partial charge in [0.05, 0.1) is 7.11 Å². The Kier molecular flexibility index (Phi) is 3.91. The first-order chi connectivity index (χ1) is 9.19. The molecule has 2 aromatic rings. The van der Waals surface area contributed by atoms with Crippen LogP contribution in [0, 0.1) is 0 Å². The Bertz CT molecular complexity index is 619. The van der Waals surface area contributed by atoms with Crippen LogP contribution in [0.2, 0.25) is 0 Å². The van der Waals surface area contributed by atoms with E-state index in [0.717, 1.165) is 0 Å². The smallest absolute Gasteiger partial charge is 0.336 e. The van der Waals surface area contributed by atoms with Gasteiger partial charge in [0.15, 0.2) is 0 Å². The average Bonchev–Trinajstić information content (AvgIpc) is 2.85. The van der Waals surface area contributed by atoms with Crippen molar-refractivity contribution in [1.29, 1.82) is 0 Å². The summed E-state index contributed by atoms with van der Waals surface area (Å²) >= 11 is 0. The molecule has 0 aliphatic heterocycles. The number of hydrogen-bond acceptors (Lipinski definition) is 5. The van der Waals surface area contributed by atoms with Crippen LogP contribution in [0.25, 0.3) is 0 Å². The fourth-order valence-electron chi connectivity index (χ4n) is 1.46. The molecule has 8 nitrogen and oxygen atoms in total. The lowest BCUT2D eigenvalue weighted by atomic mass is 10.3. The third kappa shape index (κ3) is 3.41. The van der Waals surface area contributed by atoms with Gasteiger partial charge in [0.2, 0.25) is 11.9 Å². The molecule has 2 N–H and O–H groups in total. The molecular weight excluding hydrogens is 250 g/mol. The number of hydrogen-bond donors (Lipinski definition) is 2. The molecular formula is C11H13N5O3. The lowest BCUT2D eigenvalue weighted by molar-refractivity contribution is -0.116. The third-order valence-corrected chi connectivity index (χ3v) is 2.38. The highest BCUT2D eigenvalue weighted by Crippen LogP contribution is 2.04. The number of aromatic nitrogens is 4. The maximum Gasteiger partial charge on any atom is 0.336 e. The van der Waals surface area contributed by atoms with E-state index in [2.05, 4.69) is 20.5 Å². The number of amides is 1. The summed E-state index contributed by atoms with van der Waals surface area (Å²) in [4.78, 5) is 26.9. The van der Waals surface area contributed by atoms with E-state index < -0.39 is 0 Å². The van der Waals surface area contributed by atoms with Gasteiger partial charge >= 0.3 is 6.01 Å². The Morgan fingerprint density at radius 3 is 3.05 bits per heavy atom. The predicted octanol–water partition coefficient (Wildman–Crippen LogP) is 0.00380. The highest BCUT2D eigenvalue weighted by atomic mass is 16.5. The Morgan fingerprint density at radius 1 is 1.53 bits per heavy atom. The number of ether oxygens (including phenoxy) is 1. The topological polar surface area (TPSA) is 102 Å². The van der Waals surface area contributed by atoms with E-state index in [4.69, 9.17) is 4.74 Å². The molecule has 2 aromatic heterocycles. The predicted molar refractivity (Wildman–Crippen MR) is 66.9 cm³/mol. The zero-order valence-corrected chi connectivity index (χ0v) is 10.3.